The molecule has 0 spiro atoms. The van der Waals surface area contributed by atoms with Crippen molar-refractivity contribution in [3.05, 3.63) is 29.7 Å². The van der Waals surface area contributed by atoms with Crippen LogP contribution in [-0.2, 0) is 6.54 Å². The maximum atomic E-state index is 5.45. The van der Waals surface area contributed by atoms with Gasteiger partial charge in [0.2, 0.25) is 5.13 Å². The highest BCUT2D eigenvalue weighted by atomic mass is 32.1. The molecule has 0 aliphatic rings. The standard InChI is InChI=1S/C11H11N5OS/c1-7-12-9-5-8(3-4-10(9)17-7)6-16(2)11-13-14-15-18-11/h3-5H,6H2,1-2H3. The molecule has 3 rings (SSSR count). The molecule has 92 valence electrons. The lowest BCUT2D eigenvalue weighted by Crippen LogP contribution is -2.16. The van der Waals surface area contributed by atoms with Crippen LogP contribution in [0.2, 0.25) is 0 Å². The van der Waals surface area contributed by atoms with Gasteiger partial charge < -0.3 is 9.32 Å². The Morgan fingerprint density at radius 3 is 3.06 bits per heavy atom. The molecule has 2 aromatic heterocycles. The molecule has 0 amide bonds. The zero-order valence-corrected chi connectivity index (χ0v) is 10.8. The molecule has 0 radical (unpaired) electrons. The van der Waals surface area contributed by atoms with E-state index in [4.69, 9.17) is 4.42 Å². The first-order valence-electron chi connectivity index (χ1n) is 5.44. The van der Waals surface area contributed by atoms with Gasteiger partial charge in [-0.05, 0) is 22.9 Å². The largest absolute Gasteiger partial charge is 0.441 e. The number of fused-ring (bicyclic) bond motifs is 1. The normalized spacial score (nSPS) is 11.0. The van der Waals surface area contributed by atoms with Gasteiger partial charge in [-0.25, -0.2) is 4.98 Å². The highest BCUT2D eigenvalue weighted by Crippen LogP contribution is 2.19. The summed E-state index contributed by atoms with van der Waals surface area (Å²) < 4.78 is 9.19. The van der Waals surface area contributed by atoms with E-state index in [1.54, 1.807) is 0 Å². The van der Waals surface area contributed by atoms with Crippen LogP contribution in [0.5, 0.6) is 0 Å². The second-order valence-electron chi connectivity index (χ2n) is 4.04. The first kappa shape index (κ1) is 11.1. The molecular weight excluding hydrogens is 250 g/mol. The van der Waals surface area contributed by atoms with Gasteiger partial charge in [0.25, 0.3) is 0 Å². The van der Waals surface area contributed by atoms with Gasteiger partial charge in [-0.2, -0.15) is 0 Å². The molecule has 0 fully saturated rings. The van der Waals surface area contributed by atoms with Crippen molar-refractivity contribution in [3.63, 3.8) is 0 Å². The van der Waals surface area contributed by atoms with E-state index in [9.17, 15) is 0 Å². The van der Waals surface area contributed by atoms with E-state index >= 15 is 0 Å². The monoisotopic (exact) mass is 261 g/mol. The minimum absolute atomic E-state index is 0.684. The molecule has 0 atom stereocenters. The lowest BCUT2D eigenvalue weighted by molar-refractivity contribution is 0.561. The fourth-order valence-corrected chi connectivity index (χ4v) is 2.23. The summed E-state index contributed by atoms with van der Waals surface area (Å²) in [5, 5.41) is 8.31. The van der Waals surface area contributed by atoms with Crippen molar-refractivity contribution in [1.29, 1.82) is 0 Å². The fraction of sp³-hybridized carbons (Fsp3) is 0.273. The first-order chi connectivity index (χ1) is 8.72. The molecule has 0 saturated carbocycles. The highest BCUT2D eigenvalue weighted by molar-refractivity contribution is 7.09. The molecule has 0 unspecified atom stereocenters. The van der Waals surface area contributed by atoms with Crippen molar-refractivity contribution in [2.24, 2.45) is 0 Å². The number of hydrogen-bond acceptors (Lipinski definition) is 7. The summed E-state index contributed by atoms with van der Waals surface area (Å²) in [7, 11) is 1.96. The van der Waals surface area contributed by atoms with Crippen molar-refractivity contribution in [3.8, 4) is 0 Å². The number of anilines is 1. The van der Waals surface area contributed by atoms with Gasteiger partial charge in [0, 0.05) is 32.0 Å². The van der Waals surface area contributed by atoms with Gasteiger partial charge in [0.05, 0.1) is 0 Å². The van der Waals surface area contributed by atoms with Crippen molar-refractivity contribution >= 4 is 27.8 Å². The Kier molecular flexibility index (Phi) is 2.67. The van der Waals surface area contributed by atoms with Gasteiger partial charge in [0.1, 0.15) is 5.52 Å². The summed E-state index contributed by atoms with van der Waals surface area (Å²) in [5.74, 6) is 0.684. The van der Waals surface area contributed by atoms with Crippen molar-refractivity contribution in [2.75, 3.05) is 11.9 Å². The zero-order chi connectivity index (χ0) is 12.5. The molecule has 18 heavy (non-hydrogen) atoms. The molecule has 0 N–H and O–H groups in total. The Bertz CT molecular complexity index is 663. The predicted molar refractivity (Wildman–Crippen MR) is 68.6 cm³/mol. The van der Waals surface area contributed by atoms with Gasteiger partial charge >= 0.3 is 0 Å². The van der Waals surface area contributed by atoms with E-state index in [2.05, 4.69) is 19.8 Å². The van der Waals surface area contributed by atoms with E-state index in [0.717, 1.165) is 28.3 Å². The van der Waals surface area contributed by atoms with Gasteiger partial charge in [-0.15, -0.1) is 0 Å². The van der Waals surface area contributed by atoms with Crippen LogP contribution in [0.15, 0.2) is 22.6 Å². The molecule has 0 aliphatic heterocycles. The lowest BCUT2D eigenvalue weighted by Gasteiger charge is -2.13. The molecule has 0 saturated heterocycles. The van der Waals surface area contributed by atoms with Crippen LogP contribution < -0.4 is 4.90 Å². The topological polar surface area (TPSA) is 67.9 Å². The smallest absolute Gasteiger partial charge is 0.227 e. The Morgan fingerprint density at radius 1 is 1.39 bits per heavy atom. The van der Waals surface area contributed by atoms with Crippen molar-refractivity contribution in [2.45, 2.75) is 13.5 Å². The van der Waals surface area contributed by atoms with E-state index < -0.39 is 0 Å². The zero-order valence-electron chi connectivity index (χ0n) is 9.99. The third-order valence-corrected chi connectivity index (χ3v) is 3.31. The van der Waals surface area contributed by atoms with E-state index in [-0.39, 0.29) is 0 Å². The minimum Gasteiger partial charge on any atom is -0.441 e. The quantitative estimate of drug-likeness (QED) is 0.718. The Hall–Kier alpha value is -2.02. The van der Waals surface area contributed by atoms with Crippen molar-refractivity contribution in [1.82, 2.24) is 19.8 Å². The second kappa shape index (κ2) is 4.34. The minimum atomic E-state index is 0.684. The molecule has 7 heteroatoms. The average molecular weight is 261 g/mol. The number of hydrogen-bond donors (Lipinski definition) is 0. The number of aromatic nitrogens is 4. The molecule has 2 heterocycles. The Morgan fingerprint density at radius 2 is 2.28 bits per heavy atom. The molecule has 6 nitrogen and oxygen atoms in total. The van der Waals surface area contributed by atoms with Crippen molar-refractivity contribution < 1.29 is 4.42 Å². The van der Waals surface area contributed by atoms with Gasteiger partial charge in [-0.3, -0.25) is 0 Å². The third-order valence-electron chi connectivity index (χ3n) is 2.59. The molecular formula is C11H11N5OS. The fourth-order valence-electron chi connectivity index (χ4n) is 1.80. The number of nitrogens with zero attached hydrogens (tertiary/aromatic N) is 5. The summed E-state index contributed by atoms with van der Waals surface area (Å²) >= 11 is 1.28. The molecule has 3 aromatic rings. The number of oxazole rings is 1. The predicted octanol–water partition coefficient (Wildman–Crippen LogP) is 2.02. The van der Waals surface area contributed by atoms with Crippen LogP contribution in [-0.4, -0.2) is 26.8 Å². The summed E-state index contributed by atoms with van der Waals surface area (Å²) in [5.41, 5.74) is 2.85. The van der Waals surface area contributed by atoms with E-state index in [1.165, 1.54) is 11.5 Å². The second-order valence-corrected chi connectivity index (χ2v) is 4.75. The Labute approximate surface area is 107 Å². The highest BCUT2D eigenvalue weighted by Gasteiger charge is 2.08. The summed E-state index contributed by atoms with van der Waals surface area (Å²) in [6, 6.07) is 5.99. The number of rotatable bonds is 3. The van der Waals surface area contributed by atoms with Crippen LogP contribution in [0, 0.1) is 6.92 Å². The maximum Gasteiger partial charge on any atom is 0.227 e. The number of aryl methyl sites for hydroxylation is 1. The van der Waals surface area contributed by atoms with Gasteiger partial charge in [0.15, 0.2) is 11.5 Å². The Balaban J connectivity index is 1.86. The van der Waals surface area contributed by atoms with Crippen LogP contribution in [0.1, 0.15) is 11.5 Å². The molecule has 1 aromatic carbocycles. The first-order valence-corrected chi connectivity index (χ1v) is 6.22. The van der Waals surface area contributed by atoms with E-state index in [1.807, 2.05) is 37.1 Å². The number of benzene rings is 1. The maximum absolute atomic E-state index is 5.45. The van der Waals surface area contributed by atoms with Crippen LogP contribution >= 0.6 is 11.5 Å². The summed E-state index contributed by atoms with van der Waals surface area (Å²) in [6.45, 7) is 2.58. The molecule has 0 aliphatic carbocycles. The third kappa shape index (κ3) is 2.04. The van der Waals surface area contributed by atoms with Crippen LogP contribution in [0.3, 0.4) is 0 Å². The summed E-state index contributed by atoms with van der Waals surface area (Å²) in [6.07, 6.45) is 0. The van der Waals surface area contributed by atoms with Gasteiger partial charge in [-0.1, -0.05) is 15.7 Å². The van der Waals surface area contributed by atoms with Crippen LogP contribution in [0.25, 0.3) is 11.1 Å². The van der Waals surface area contributed by atoms with E-state index in [0.29, 0.717) is 5.89 Å². The SMILES string of the molecule is Cc1nc2cc(CN(C)c3nnns3)ccc2o1. The average Bonchev–Trinajstić information content (AvgIpc) is 2.95. The van der Waals surface area contributed by atoms with Crippen LogP contribution in [0.4, 0.5) is 5.13 Å². The summed E-state index contributed by atoms with van der Waals surface area (Å²) in [4.78, 5) is 6.32. The molecule has 0 bridgehead atoms. The lowest BCUT2D eigenvalue weighted by atomic mass is 10.2.